The molecule has 130 valence electrons. The van der Waals surface area contributed by atoms with Gasteiger partial charge in [-0.15, -0.1) is 0 Å². The summed E-state index contributed by atoms with van der Waals surface area (Å²) in [5.74, 6) is -0.390. The third kappa shape index (κ3) is 4.14. The Kier molecular flexibility index (Phi) is 5.28. The summed E-state index contributed by atoms with van der Waals surface area (Å²) in [6, 6.07) is 3.80. The van der Waals surface area contributed by atoms with Crippen LogP contribution in [0.2, 0.25) is 0 Å². The molecule has 0 radical (unpaired) electrons. The lowest BCUT2D eigenvalue weighted by atomic mass is 10.1. The van der Waals surface area contributed by atoms with Crippen LogP contribution in [0.3, 0.4) is 0 Å². The maximum atomic E-state index is 13.3. The quantitative estimate of drug-likeness (QED) is 0.909. The lowest BCUT2D eigenvalue weighted by Crippen LogP contribution is -2.20. The van der Waals surface area contributed by atoms with Crippen LogP contribution in [0.1, 0.15) is 28.7 Å². The minimum atomic E-state index is -4.49. The van der Waals surface area contributed by atoms with Crippen LogP contribution in [0.25, 0.3) is 0 Å². The molecule has 2 rings (SSSR count). The lowest BCUT2D eigenvalue weighted by Gasteiger charge is -2.17. The summed E-state index contributed by atoms with van der Waals surface area (Å²) in [6.07, 6.45) is -1.38. The van der Waals surface area contributed by atoms with Crippen LogP contribution in [0.15, 0.2) is 30.6 Å². The average Bonchev–Trinajstić information content (AvgIpc) is 2.95. The third-order valence-electron chi connectivity index (χ3n) is 3.42. The Labute approximate surface area is 138 Å². The van der Waals surface area contributed by atoms with Crippen molar-refractivity contribution in [1.82, 2.24) is 14.5 Å². The number of carbonyl (C=O) groups excluding carboxylic acids is 1. The number of aryl methyl sites for hydroxylation is 1. The maximum absolute atomic E-state index is 13.3. The van der Waals surface area contributed by atoms with Crippen molar-refractivity contribution < 1.29 is 18.0 Å². The molecule has 0 aliphatic rings. The van der Waals surface area contributed by atoms with E-state index in [2.05, 4.69) is 10.3 Å². The van der Waals surface area contributed by atoms with Gasteiger partial charge in [-0.1, -0.05) is 6.07 Å². The molecule has 0 aliphatic carbocycles. The van der Waals surface area contributed by atoms with E-state index < -0.39 is 17.6 Å². The minimum Gasteiger partial charge on any atom is -0.327 e. The van der Waals surface area contributed by atoms with Gasteiger partial charge in [0, 0.05) is 31.2 Å². The SMILES string of the molecule is CCn1ccnc1C(=O)Nc1ccc(CN(C)C)c(C(F)(F)F)c1. The highest BCUT2D eigenvalue weighted by Crippen LogP contribution is 2.34. The van der Waals surface area contributed by atoms with E-state index in [1.54, 1.807) is 29.8 Å². The summed E-state index contributed by atoms with van der Waals surface area (Å²) in [5.41, 5.74) is -0.520. The monoisotopic (exact) mass is 340 g/mol. The van der Waals surface area contributed by atoms with Gasteiger partial charge in [0.2, 0.25) is 0 Å². The number of amides is 1. The molecular formula is C16H19F3N4O. The number of hydrogen-bond acceptors (Lipinski definition) is 3. The predicted octanol–water partition coefficient (Wildman–Crippen LogP) is 3.24. The largest absolute Gasteiger partial charge is 0.416 e. The highest BCUT2D eigenvalue weighted by Gasteiger charge is 2.33. The van der Waals surface area contributed by atoms with Gasteiger partial charge in [-0.3, -0.25) is 4.79 Å². The highest BCUT2D eigenvalue weighted by atomic mass is 19.4. The Bertz CT molecular complexity index is 722. The Hall–Kier alpha value is -2.35. The number of carbonyl (C=O) groups is 1. The number of rotatable bonds is 5. The molecular weight excluding hydrogens is 321 g/mol. The van der Waals surface area contributed by atoms with Crippen molar-refractivity contribution in [2.75, 3.05) is 19.4 Å². The number of anilines is 1. The van der Waals surface area contributed by atoms with E-state index >= 15 is 0 Å². The fraction of sp³-hybridized carbons (Fsp3) is 0.375. The molecule has 0 bridgehead atoms. The summed E-state index contributed by atoms with van der Waals surface area (Å²) in [7, 11) is 3.39. The summed E-state index contributed by atoms with van der Waals surface area (Å²) in [6.45, 7) is 2.54. The van der Waals surface area contributed by atoms with E-state index in [-0.39, 0.29) is 23.6 Å². The van der Waals surface area contributed by atoms with Crippen LogP contribution in [-0.2, 0) is 19.3 Å². The summed E-state index contributed by atoms with van der Waals surface area (Å²) < 4.78 is 41.4. The molecule has 8 heteroatoms. The van der Waals surface area contributed by atoms with E-state index in [0.717, 1.165) is 6.07 Å². The van der Waals surface area contributed by atoms with Crippen molar-refractivity contribution in [2.45, 2.75) is 26.2 Å². The molecule has 1 aromatic carbocycles. The molecule has 24 heavy (non-hydrogen) atoms. The van der Waals surface area contributed by atoms with Gasteiger partial charge in [0.15, 0.2) is 5.82 Å². The fourth-order valence-electron chi connectivity index (χ4n) is 2.36. The molecule has 1 N–H and O–H groups in total. The topological polar surface area (TPSA) is 50.2 Å². The molecule has 2 aromatic rings. The summed E-state index contributed by atoms with van der Waals surface area (Å²) >= 11 is 0. The summed E-state index contributed by atoms with van der Waals surface area (Å²) in [5, 5.41) is 2.48. The zero-order valence-corrected chi connectivity index (χ0v) is 13.7. The first-order valence-electron chi connectivity index (χ1n) is 7.39. The smallest absolute Gasteiger partial charge is 0.327 e. The van der Waals surface area contributed by atoms with Gasteiger partial charge in [0.25, 0.3) is 5.91 Å². The van der Waals surface area contributed by atoms with Crippen molar-refractivity contribution in [3.63, 3.8) is 0 Å². The predicted molar refractivity (Wildman–Crippen MR) is 84.7 cm³/mol. The molecule has 5 nitrogen and oxygen atoms in total. The number of hydrogen-bond donors (Lipinski definition) is 1. The first kappa shape index (κ1) is 18.0. The number of benzene rings is 1. The molecule has 0 saturated heterocycles. The van der Waals surface area contributed by atoms with Crippen molar-refractivity contribution in [1.29, 1.82) is 0 Å². The van der Waals surface area contributed by atoms with Gasteiger partial charge in [-0.2, -0.15) is 13.2 Å². The van der Waals surface area contributed by atoms with E-state index in [1.165, 1.54) is 18.3 Å². The standard InChI is InChI=1S/C16H19F3N4O/c1-4-23-8-7-20-14(23)15(24)21-12-6-5-11(10-22(2)3)13(9-12)16(17,18)19/h5-9H,4,10H2,1-3H3,(H,21,24). The Morgan fingerprint density at radius 2 is 2.04 bits per heavy atom. The minimum absolute atomic E-state index is 0.0838. The first-order valence-corrected chi connectivity index (χ1v) is 7.39. The van der Waals surface area contributed by atoms with Gasteiger partial charge in [-0.25, -0.2) is 4.98 Å². The molecule has 0 aliphatic heterocycles. The maximum Gasteiger partial charge on any atom is 0.416 e. The molecule has 0 atom stereocenters. The zero-order valence-electron chi connectivity index (χ0n) is 13.7. The molecule has 1 heterocycles. The lowest BCUT2D eigenvalue weighted by molar-refractivity contribution is -0.138. The summed E-state index contributed by atoms with van der Waals surface area (Å²) in [4.78, 5) is 17.8. The number of nitrogens with zero attached hydrogens (tertiary/aromatic N) is 3. The normalized spacial score (nSPS) is 11.8. The average molecular weight is 340 g/mol. The number of alkyl halides is 3. The molecule has 1 amide bonds. The molecule has 0 saturated carbocycles. The van der Waals surface area contributed by atoms with Crippen LogP contribution >= 0.6 is 0 Å². The Morgan fingerprint density at radius 3 is 2.62 bits per heavy atom. The van der Waals surface area contributed by atoms with E-state index in [4.69, 9.17) is 0 Å². The van der Waals surface area contributed by atoms with Gasteiger partial charge in [-0.05, 0) is 38.7 Å². The van der Waals surface area contributed by atoms with E-state index in [1.807, 2.05) is 6.92 Å². The van der Waals surface area contributed by atoms with Crippen LogP contribution in [0.5, 0.6) is 0 Å². The van der Waals surface area contributed by atoms with Crippen LogP contribution < -0.4 is 5.32 Å². The molecule has 0 unspecified atom stereocenters. The van der Waals surface area contributed by atoms with Gasteiger partial charge in [0.1, 0.15) is 0 Å². The molecule has 0 fully saturated rings. The number of halogens is 3. The highest BCUT2D eigenvalue weighted by molar-refractivity contribution is 6.01. The van der Waals surface area contributed by atoms with Crippen molar-refractivity contribution >= 4 is 11.6 Å². The second kappa shape index (κ2) is 7.04. The van der Waals surface area contributed by atoms with Crippen molar-refractivity contribution in [3.8, 4) is 0 Å². The van der Waals surface area contributed by atoms with E-state index in [0.29, 0.717) is 6.54 Å². The van der Waals surface area contributed by atoms with Gasteiger partial charge < -0.3 is 14.8 Å². The fourth-order valence-corrected chi connectivity index (χ4v) is 2.36. The van der Waals surface area contributed by atoms with Crippen LogP contribution in [0.4, 0.5) is 18.9 Å². The zero-order chi connectivity index (χ0) is 17.9. The first-order chi connectivity index (χ1) is 11.2. The third-order valence-corrected chi connectivity index (χ3v) is 3.42. The number of nitrogens with one attached hydrogen (secondary N) is 1. The number of aromatic nitrogens is 2. The molecule has 1 aromatic heterocycles. The van der Waals surface area contributed by atoms with Crippen LogP contribution in [-0.4, -0.2) is 34.5 Å². The van der Waals surface area contributed by atoms with Gasteiger partial charge >= 0.3 is 6.18 Å². The second-order valence-corrected chi connectivity index (χ2v) is 5.60. The van der Waals surface area contributed by atoms with Crippen molar-refractivity contribution in [3.05, 3.63) is 47.5 Å². The van der Waals surface area contributed by atoms with Crippen molar-refractivity contribution in [2.24, 2.45) is 0 Å². The Morgan fingerprint density at radius 1 is 1.33 bits per heavy atom. The van der Waals surface area contributed by atoms with E-state index in [9.17, 15) is 18.0 Å². The van der Waals surface area contributed by atoms with Gasteiger partial charge in [0.05, 0.1) is 5.56 Å². The van der Waals surface area contributed by atoms with Crippen LogP contribution in [0, 0.1) is 0 Å². The Balaban J connectivity index is 2.30. The second-order valence-electron chi connectivity index (χ2n) is 5.60. The number of imidazole rings is 1. The molecule has 0 spiro atoms.